The Hall–Kier alpha value is -1.13. The standard InChI is InChI=1S/C14H22N2OS/c1-10(2)16(7-4-8-17)13-6-5-12(14(15)18)9-11(13)3/h5-6,9-10,17H,4,7-8H2,1-3H3,(H2,15,18). The van der Waals surface area contributed by atoms with E-state index in [1.54, 1.807) is 0 Å². The molecule has 0 amide bonds. The van der Waals surface area contributed by atoms with E-state index in [0.29, 0.717) is 11.0 Å². The summed E-state index contributed by atoms with van der Waals surface area (Å²) in [6, 6.07) is 6.43. The van der Waals surface area contributed by atoms with Crippen LogP contribution in [0.15, 0.2) is 18.2 Å². The third kappa shape index (κ3) is 3.68. The summed E-state index contributed by atoms with van der Waals surface area (Å²) in [7, 11) is 0. The summed E-state index contributed by atoms with van der Waals surface area (Å²) >= 11 is 4.98. The second-order valence-corrected chi connectivity index (χ2v) is 5.17. The molecule has 0 aliphatic carbocycles. The van der Waals surface area contributed by atoms with Crippen LogP contribution in [-0.2, 0) is 0 Å². The number of aliphatic hydroxyl groups is 1. The van der Waals surface area contributed by atoms with E-state index in [-0.39, 0.29) is 6.61 Å². The second-order valence-electron chi connectivity index (χ2n) is 4.73. The number of hydrogen-bond donors (Lipinski definition) is 2. The highest BCUT2D eigenvalue weighted by Gasteiger charge is 2.13. The Morgan fingerprint density at radius 2 is 2.11 bits per heavy atom. The van der Waals surface area contributed by atoms with Crippen LogP contribution in [0.25, 0.3) is 0 Å². The van der Waals surface area contributed by atoms with Gasteiger partial charge in [0.2, 0.25) is 0 Å². The van der Waals surface area contributed by atoms with Gasteiger partial charge in [0.15, 0.2) is 0 Å². The largest absolute Gasteiger partial charge is 0.396 e. The summed E-state index contributed by atoms with van der Waals surface area (Å²) in [6.07, 6.45) is 0.772. The molecular weight excluding hydrogens is 244 g/mol. The maximum absolute atomic E-state index is 8.97. The molecule has 1 aromatic carbocycles. The molecule has 3 N–H and O–H groups in total. The Morgan fingerprint density at radius 1 is 1.44 bits per heavy atom. The van der Waals surface area contributed by atoms with Gasteiger partial charge in [-0.2, -0.15) is 0 Å². The number of aliphatic hydroxyl groups excluding tert-OH is 1. The van der Waals surface area contributed by atoms with Crippen molar-refractivity contribution in [2.45, 2.75) is 33.2 Å². The predicted octanol–water partition coefficient (Wildman–Crippen LogP) is 2.23. The number of benzene rings is 1. The molecule has 0 aromatic heterocycles. The van der Waals surface area contributed by atoms with Crippen molar-refractivity contribution in [1.29, 1.82) is 0 Å². The fourth-order valence-electron chi connectivity index (χ4n) is 2.03. The molecule has 0 saturated carbocycles. The molecule has 0 saturated heterocycles. The van der Waals surface area contributed by atoms with Gasteiger partial charge in [-0.25, -0.2) is 0 Å². The molecule has 1 rings (SSSR count). The van der Waals surface area contributed by atoms with Crippen LogP contribution >= 0.6 is 12.2 Å². The van der Waals surface area contributed by atoms with Crippen molar-refractivity contribution in [1.82, 2.24) is 0 Å². The maximum atomic E-state index is 8.97. The minimum absolute atomic E-state index is 0.216. The molecule has 0 heterocycles. The molecule has 0 radical (unpaired) electrons. The van der Waals surface area contributed by atoms with Gasteiger partial charge < -0.3 is 15.7 Å². The third-order valence-electron chi connectivity index (χ3n) is 2.97. The van der Waals surface area contributed by atoms with Crippen LogP contribution in [0.1, 0.15) is 31.4 Å². The van der Waals surface area contributed by atoms with E-state index in [1.807, 2.05) is 12.1 Å². The van der Waals surface area contributed by atoms with Crippen molar-refractivity contribution in [3.05, 3.63) is 29.3 Å². The molecule has 4 heteroatoms. The first-order valence-electron chi connectivity index (χ1n) is 6.25. The van der Waals surface area contributed by atoms with E-state index < -0.39 is 0 Å². The summed E-state index contributed by atoms with van der Waals surface area (Å²) in [5.74, 6) is 0. The Labute approximate surface area is 115 Å². The zero-order valence-electron chi connectivity index (χ0n) is 11.3. The first-order valence-corrected chi connectivity index (χ1v) is 6.66. The average molecular weight is 266 g/mol. The monoisotopic (exact) mass is 266 g/mol. The summed E-state index contributed by atoms with van der Waals surface area (Å²) in [4.78, 5) is 2.71. The van der Waals surface area contributed by atoms with Gasteiger partial charge in [0.05, 0.1) is 0 Å². The Kier molecular flexibility index (Phi) is 5.56. The van der Waals surface area contributed by atoms with Gasteiger partial charge in [-0.05, 0) is 51.0 Å². The Balaban J connectivity index is 3.01. The highest BCUT2D eigenvalue weighted by atomic mass is 32.1. The van der Waals surface area contributed by atoms with Crippen LogP contribution in [0.5, 0.6) is 0 Å². The summed E-state index contributed by atoms with van der Waals surface area (Å²) < 4.78 is 0. The average Bonchev–Trinajstić information content (AvgIpc) is 2.30. The van der Waals surface area contributed by atoms with Gasteiger partial charge in [0, 0.05) is 30.4 Å². The number of aryl methyl sites for hydroxylation is 1. The maximum Gasteiger partial charge on any atom is 0.103 e. The molecule has 0 bridgehead atoms. The van der Waals surface area contributed by atoms with Crippen molar-refractivity contribution < 1.29 is 5.11 Å². The highest BCUT2D eigenvalue weighted by Crippen LogP contribution is 2.23. The number of anilines is 1. The van der Waals surface area contributed by atoms with Crippen LogP contribution in [0.3, 0.4) is 0 Å². The van der Waals surface area contributed by atoms with Crippen LogP contribution in [0.4, 0.5) is 5.69 Å². The SMILES string of the molecule is Cc1cc(C(N)=S)ccc1N(CCCO)C(C)C. The van der Waals surface area contributed by atoms with Crippen molar-refractivity contribution in [3.8, 4) is 0 Å². The molecule has 0 fully saturated rings. The fraction of sp³-hybridized carbons (Fsp3) is 0.500. The molecule has 18 heavy (non-hydrogen) atoms. The number of nitrogens with two attached hydrogens (primary N) is 1. The molecule has 0 aliphatic heterocycles. The van der Waals surface area contributed by atoms with Crippen molar-refractivity contribution in [2.24, 2.45) is 5.73 Å². The molecule has 0 unspecified atom stereocenters. The smallest absolute Gasteiger partial charge is 0.103 e. The molecule has 0 aliphatic rings. The van der Waals surface area contributed by atoms with Crippen LogP contribution in [0.2, 0.25) is 0 Å². The lowest BCUT2D eigenvalue weighted by molar-refractivity contribution is 0.288. The highest BCUT2D eigenvalue weighted by molar-refractivity contribution is 7.80. The van der Waals surface area contributed by atoms with Crippen molar-refractivity contribution in [3.63, 3.8) is 0 Å². The normalized spacial score (nSPS) is 10.7. The Morgan fingerprint density at radius 3 is 2.56 bits per heavy atom. The van der Waals surface area contributed by atoms with E-state index in [0.717, 1.165) is 24.1 Å². The molecule has 3 nitrogen and oxygen atoms in total. The Bertz CT molecular complexity index is 418. The second kappa shape index (κ2) is 6.71. The van der Waals surface area contributed by atoms with E-state index in [4.69, 9.17) is 23.1 Å². The lowest BCUT2D eigenvalue weighted by Gasteiger charge is -2.30. The van der Waals surface area contributed by atoms with Crippen LogP contribution in [-0.4, -0.2) is 29.3 Å². The lowest BCUT2D eigenvalue weighted by atomic mass is 10.1. The van der Waals surface area contributed by atoms with E-state index in [1.165, 1.54) is 5.69 Å². The third-order valence-corrected chi connectivity index (χ3v) is 3.21. The molecule has 0 spiro atoms. The number of thiocarbonyl (C=S) groups is 1. The van der Waals surface area contributed by atoms with Gasteiger partial charge in [-0.3, -0.25) is 0 Å². The minimum Gasteiger partial charge on any atom is -0.396 e. The van der Waals surface area contributed by atoms with Gasteiger partial charge in [0.1, 0.15) is 4.99 Å². The minimum atomic E-state index is 0.216. The summed E-state index contributed by atoms with van der Waals surface area (Å²) in [5.41, 5.74) is 8.87. The van der Waals surface area contributed by atoms with Crippen LogP contribution in [0, 0.1) is 6.92 Å². The van der Waals surface area contributed by atoms with Gasteiger partial charge in [-0.15, -0.1) is 0 Å². The number of rotatable bonds is 6. The molecule has 100 valence electrons. The number of nitrogens with zero attached hydrogens (tertiary/aromatic N) is 1. The molecule has 0 atom stereocenters. The summed E-state index contributed by atoms with van der Waals surface area (Å²) in [5, 5.41) is 8.97. The zero-order chi connectivity index (χ0) is 13.7. The van der Waals surface area contributed by atoms with E-state index in [2.05, 4.69) is 31.7 Å². The van der Waals surface area contributed by atoms with Gasteiger partial charge in [0.25, 0.3) is 0 Å². The predicted molar refractivity (Wildman–Crippen MR) is 81.3 cm³/mol. The number of hydrogen-bond acceptors (Lipinski definition) is 3. The summed E-state index contributed by atoms with van der Waals surface area (Å²) in [6.45, 7) is 7.43. The first-order chi connectivity index (χ1) is 8.47. The van der Waals surface area contributed by atoms with Crippen molar-refractivity contribution in [2.75, 3.05) is 18.1 Å². The topological polar surface area (TPSA) is 49.5 Å². The van der Waals surface area contributed by atoms with Crippen LogP contribution < -0.4 is 10.6 Å². The van der Waals surface area contributed by atoms with E-state index in [9.17, 15) is 0 Å². The fourth-order valence-corrected chi connectivity index (χ4v) is 2.16. The van der Waals surface area contributed by atoms with Gasteiger partial charge in [-0.1, -0.05) is 12.2 Å². The first kappa shape index (κ1) is 14.9. The van der Waals surface area contributed by atoms with E-state index >= 15 is 0 Å². The molecular formula is C14H22N2OS. The quantitative estimate of drug-likeness (QED) is 0.775. The van der Waals surface area contributed by atoms with Gasteiger partial charge >= 0.3 is 0 Å². The zero-order valence-corrected chi connectivity index (χ0v) is 12.1. The molecule has 1 aromatic rings. The van der Waals surface area contributed by atoms with Crippen molar-refractivity contribution >= 4 is 22.9 Å². The lowest BCUT2D eigenvalue weighted by Crippen LogP contribution is -2.32.